The Morgan fingerprint density at radius 1 is 1.03 bits per heavy atom. The summed E-state index contributed by atoms with van der Waals surface area (Å²) in [6.07, 6.45) is 8.20. The molecule has 2 bridgehead atoms. The lowest BCUT2D eigenvalue weighted by atomic mass is 9.84. The Bertz CT molecular complexity index is 1030. The average Bonchev–Trinajstić information content (AvgIpc) is 3.33. The lowest BCUT2D eigenvalue weighted by Gasteiger charge is -2.45. The van der Waals surface area contributed by atoms with E-state index in [2.05, 4.69) is 51.5 Å². The van der Waals surface area contributed by atoms with E-state index >= 15 is 0 Å². The molecule has 3 atom stereocenters. The summed E-state index contributed by atoms with van der Waals surface area (Å²) in [7, 11) is 2.11. The van der Waals surface area contributed by atoms with Crippen LogP contribution in [0.25, 0.3) is 22.4 Å². The van der Waals surface area contributed by atoms with Crippen LogP contribution in [0.5, 0.6) is 5.75 Å². The summed E-state index contributed by atoms with van der Waals surface area (Å²) in [6, 6.07) is 9.93. The Morgan fingerprint density at radius 3 is 2.40 bits per heavy atom. The molecule has 0 saturated carbocycles. The molecular formula is C23H28N6O. The summed E-state index contributed by atoms with van der Waals surface area (Å²) in [6.45, 7) is 4.67. The molecule has 0 aliphatic carbocycles. The maximum absolute atomic E-state index is 10.5. The highest BCUT2D eigenvalue weighted by atomic mass is 16.3. The summed E-state index contributed by atoms with van der Waals surface area (Å²) in [5.41, 5.74) is 3.58. The predicted molar refractivity (Wildman–Crippen MR) is 117 cm³/mol. The van der Waals surface area contributed by atoms with E-state index < -0.39 is 0 Å². The number of rotatable bonds is 4. The third-order valence-corrected chi connectivity index (χ3v) is 6.87. The highest BCUT2D eigenvalue weighted by molar-refractivity contribution is 5.73. The minimum atomic E-state index is 0.180. The van der Waals surface area contributed by atoms with Crippen LogP contribution < -0.4 is 10.2 Å². The molecule has 1 unspecified atom stereocenters. The van der Waals surface area contributed by atoms with Crippen LogP contribution in [0, 0.1) is 0 Å². The first-order valence-electron chi connectivity index (χ1n) is 10.5. The lowest BCUT2D eigenvalue weighted by molar-refractivity contribution is 0.207. The zero-order chi connectivity index (χ0) is 20.9. The molecule has 3 N–H and O–H groups in total. The second kappa shape index (κ2) is 6.80. The predicted octanol–water partition coefficient (Wildman–Crippen LogP) is 3.74. The Morgan fingerprint density at radius 2 is 1.80 bits per heavy atom. The second-order valence-electron chi connectivity index (χ2n) is 9.41. The number of nitrogens with one attached hydrogen (secondary N) is 2. The first kappa shape index (κ1) is 19.1. The van der Waals surface area contributed by atoms with Gasteiger partial charge in [-0.25, -0.2) is 0 Å². The molecule has 0 spiro atoms. The van der Waals surface area contributed by atoms with Crippen molar-refractivity contribution >= 4 is 5.82 Å². The molecule has 5 rings (SSSR count). The minimum absolute atomic E-state index is 0.180. The fourth-order valence-electron chi connectivity index (χ4n) is 5.28. The molecule has 2 aliphatic heterocycles. The number of aromatic hydroxyl groups is 1. The number of nitrogens with zero attached hydrogens (tertiary/aromatic N) is 4. The number of aromatic nitrogens is 4. The van der Waals surface area contributed by atoms with Crippen LogP contribution in [-0.4, -0.2) is 49.7 Å². The molecule has 0 amide bonds. The SMILES string of the molecule is CN(c1ccc(-c2ccc(-c3cn[nH]c3)cc2O)nn1)C1C[C@]2(C)CC[C@](C)(C1)N2. The van der Waals surface area contributed by atoms with Gasteiger partial charge in [0.15, 0.2) is 5.82 Å². The fourth-order valence-corrected chi connectivity index (χ4v) is 5.28. The van der Waals surface area contributed by atoms with Gasteiger partial charge in [-0.3, -0.25) is 5.10 Å². The molecule has 2 fully saturated rings. The number of H-pyrrole nitrogens is 1. The van der Waals surface area contributed by atoms with Crippen molar-refractivity contribution in [2.45, 2.75) is 56.7 Å². The molecule has 7 nitrogen and oxygen atoms in total. The molecule has 4 heterocycles. The van der Waals surface area contributed by atoms with Gasteiger partial charge in [0.1, 0.15) is 5.75 Å². The number of piperidine rings is 1. The Hall–Kier alpha value is -2.93. The van der Waals surface area contributed by atoms with Crippen molar-refractivity contribution in [3.05, 3.63) is 42.7 Å². The number of hydrogen-bond acceptors (Lipinski definition) is 6. The van der Waals surface area contributed by atoms with Gasteiger partial charge in [0.2, 0.25) is 0 Å². The Labute approximate surface area is 176 Å². The van der Waals surface area contributed by atoms with Crippen LogP contribution in [0.15, 0.2) is 42.7 Å². The molecule has 156 valence electrons. The third-order valence-electron chi connectivity index (χ3n) is 6.87. The first-order valence-corrected chi connectivity index (χ1v) is 10.5. The van der Waals surface area contributed by atoms with E-state index in [-0.39, 0.29) is 16.8 Å². The van der Waals surface area contributed by atoms with Crippen molar-refractivity contribution in [3.63, 3.8) is 0 Å². The van der Waals surface area contributed by atoms with Crippen molar-refractivity contribution < 1.29 is 5.11 Å². The quantitative estimate of drug-likeness (QED) is 0.614. The standard InChI is InChI=1S/C23H28N6O/c1-22-8-9-23(2,28-22)12-17(11-22)29(3)21-7-6-19(26-27-21)18-5-4-15(10-20(18)30)16-13-24-25-14-16/h4-7,10,13-14,17,28,30H,8-9,11-12H2,1-3H3,(H,24,25)/t17?,22-,23+. The number of benzene rings is 1. The molecule has 1 aromatic carbocycles. The summed E-state index contributed by atoms with van der Waals surface area (Å²) in [4.78, 5) is 2.27. The summed E-state index contributed by atoms with van der Waals surface area (Å²) >= 11 is 0. The molecule has 30 heavy (non-hydrogen) atoms. The van der Waals surface area contributed by atoms with Crippen molar-refractivity contribution in [2.24, 2.45) is 0 Å². The Balaban J connectivity index is 1.36. The van der Waals surface area contributed by atoms with Gasteiger partial charge in [0.05, 0.1) is 11.9 Å². The van der Waals surface area contributed by atoms with Crippen molar-refractivity contribution in [2.75, 3.05) is 11.9 Å². The van der Waals surface area contributed by atoms with E-state index in [1.54, 1.807) is 18.5 Å². The van der Waals surface area contributed by atoms with Gasteiger partial charge in [-0.2, -0.15) is 5.10 Å². The number of fused-ring (bicyclic) bond motifs is 2. The number of aromatic amines is 1. The van der Waals surface area contributed by atoms with Gasteiger partial charge in [0, 0.05) is 41.5 Å². The van der Waals surface area contributed by atoms with E-state index in [1.165, 1.54) is 12.8 Å². The highest BCUT2D eigenvalue weighted by Gasteiger charge is 2.49. The van der Waals surface area contributed by atoms with Crippen LogP contribution in [0.3, 0.4) is 0 Å². The molecule has 7 heteroatoms. The number of hydrogen-bond donors (Lipinski definition) is 3. The van der Waals surface area contributed by atoms with Crippen molar-refractivity contribution in [1.82, 2.24) is 25.7 Å². The van der Waals surface area contributed by atoms with Gasteiger partial charge in [0.25, 0.3) is 0 Å². The molecule has 0 radical (unpaired) electrons. The largest absolute Gasteiger partial charge is 0.507 e. The van der Waals surface area contributed by atoms with Gasteiger partial charge in [-0.05, 0) is 69.4 Å². The molecule has 2 saturated heterocycles. The smallest absolute Gasteiger partial charge is 0.151 e. The number of phenolic OH excluding ortho intramolecular Hbond substituents is 1. The number of phenols is 1. The van der Waals surface area contributed by atoms with Gasteiger partial charge < -0.3 is 15.3 Å². The van der Waals surface area contributed by atoms with E-state index in [4.69, 9.17) is 0 Å². The van der Waals surface area contributed by atoms with Crippen molar-refractivity contribution in [1.29, 1.82) is 0 Å². The molecular weight excluding hydrogens is 376 g/mol. The van der Waals surface area contributed by atoms with E-state index in [0.717, 1.165) is 29.8 Å². The summed E-state index contributed by atoms with van der Waals surface area (Å²) in [5, 5.41) is 30.0. The van der Waals surface area contributed by atoms with Gasteiger partial charge in [-0.15, -0.1) is 10.2 Å². The first-order chi connectivity index (χ1) is 14.3. The van der Waals surface area contributed by atoms with Crippen LogP contribution in [0.2, 0.25) is 0 Å². The van der Waals surface area contributed by atoms with Crippen LogP contribution in [0.1, 0.15) is 39.5 Å². The van der Waals surface area contributed by atoms with E-state index in [0.29, 0.717) is 17.3 Å². The lowest BCUT2D eigenvalue weighted by Crippen LogP contribution is -2.58. The maximum Gasteiger partial charge on any atom is 0.151 e. The average molecular weight is 405 g/mol. The van der Waals surface area contributed by atoms with E-state index in [1.807, 2.05) is 24.3 Å². The zero-order valence-electron chi connectivity index (χ0n) is 17.7. The monoisotopic (exact) mass is 404 g/mol. The number of anilines is 1. The minimum Gasteiger partial charge on any atom is -0.507 e. The molecule has 2 aromatic heterocycles. The fraction of sp³-hybridized carbons (Fsp3) is 0.435. The van der Waals surface area contributed by atoms with Gasteiger partial charge in [-0.1, -0.05) is 6.07 Å². The van der Waals surface area contributed by atoms with Crippen LogP contribution >= 0.6 is 0 Å². The summed E-state index contributed by atoms with van der Waals surface area (Å²) < 4.78 is 0. The molecule has 2 aliphatic rings. The Kier molecular flexibility index (Phi) is 4.32. The van der Waals surface area contributed by atoms with Crippen LogP contribution in [0.4, 0.5) is 5.82 Å². The molecule has 3 aromatic rings. The maximum atomic E-state index is 10.5. The van der Waals surface area contributed by atoms with Gasteiger partial charge >= 0.3 is 0 Å². The van der Waals surface area contributed by atoms with Crippen LogP contribution in [-0.2, 0) is 0 Å². The zero-order valence-corrected chi connectivity index (χ0v) is 17.7. The van der Waals surface area contributed by atoms with E-state index in [9.17, 15) is 5.11 Å². The summed E-state index contributed by atoms with van der Waals surface area (Å²) in [5.74, 6) is 1.05. The third kappa shape index (κ3) is 3.33. The normalized spacial score (nSPS) is 27.9. The van der Waals surface area contributed by atoms with Crippen molar-refractivity contribution in [3.8, 4) is 28.1 Å². The second-order valence-corrected chi connectivity index (χ2v) is 9.41. The highest BCUT2D eigenvalue weighted by Crippen LogP contribution is 2.43. The topological polar surface area (TPSA) is 90.0 Å².